The minimum absolute atomic E-state index is 0.0157. The van der Waals surface area contributed by atoms with E-state index in [1.807, 2.05) is 62.2 Å². The van der Waals surface area contributed by atoms with Gasteiger partial charge in [0.1, 0.15) is 11.8 Å². The number of phenolic OH excluding ortho intramolecular Hbond substituents is 1. The Kier molecular flexibility index (Phi) is 7.67. The molecule has 1 fully saturated rings. The minimum Gasteiger partial charge on any atom is -0.504 e. The lowest BCUT2D eigenvalue weighted by molar-refractivity contribution is -0.156. The molecule has 4 atom stereocenters. The molecular weight excluding hydrogens is 564 g/mol. The van der Waals surface area contributed by atoms with Gasteiger partial charge in [0.05, 0.1) is 65.3 Å². The summed E-state index contributed by atoms with van der Waals surface area (Å²) >= 11 is 0. The number of nitrogens with zero attached hydrogens (tertiary/aromatic N) is 2. The van der Waals surface area contributed by atoms with Crippen LogP contribution in [-0.4, -0.2) is 80.8 Å². The molecular formula is C34H38N2O8. The molecule has 44 heavy (non-hydrogen) atoms. The molecule has 2 bridgehead atoms. The predicted octanol–water partition coefficient (Wildman–Crippen LogP) is 4.31. The number of amides is 1. The average Bonchev–Trinajstić information content (AvgIpc) is 3.01. The number of piperazine rings is 1. The maximum atomic E-state index is 14.9. The maximum absolute atomic E-state index is 14.9. The minimum atomic E-state index is -0.981. The summed E-state index contributed by atoms with van der Waals surface area (Å²) in [6.07, 6.45) is 0.374. The van der Waals surface area contributed by atoms with E-state index in [-0.39, 0.29) is 24.0 Å². The Hall–Kier alpha value is -4.28. The Balaban J connectivity index is 1.59. The first-order valence-electron chi connectivity index (χ1n) is 14.6. The van der Waals surface area contributed by atoms with Crippen LogP contribution in [-0.2, 0) is 22.6 Å². The highest BCUT2D eigenvalue weighted by atomic mass is 16.5. The molecule has 0 aromatic heterocycles. The molecule has 6 rings (SSSR count). The van der Waals surface area contributed by atoms with Gasteiger partial charge in [0, 0.05) is 16.7 Å². The Bertz CT molecular complexity index is 1640. The summed E-state index contributed by atoms with van der Waals surface area (Å²) in [5.41, 5.74) is 4.57. The zero-order valence-electron chi connectivity index (χ0n) is 26.1. The van der Waals surface area contributed by atoms with Crippen LogP contribution in [0.2, 0.25) is 0 Å². The van der Waals surface area contributed by atoms with Crippen molar-refractivity contribution in [1.29, 1.82) is 0 Å². The summed E-state index contributed by atoms with van der Waals surface area (Å²) < 4.78 is 29.4. The number of Topliss-reactive ketones (excluding diaryl/α,β-unsaturated/α-hetero) is 1. The maximum Gasteiger partial charge on any atom is 0.241 e. The Morgan fingerprint density at radius 2 is 1.52 bits per heavy atom. The van der Waals surface area contributed by atoms with Gasteiger partial charge in [0.25, 0.3) is 0 Å². The smallest absolute Gasteiger partial charge is 0.241 e. The molecule has 3 aliphatic rings. The van der Waals surface area contributed by atoms with Gasteiger partial charge in [-0.2, -0.15) is 0 Å². The number of benzene rings is 3. The summed E-state index contributed by atoms with van der Waals surface area (Å²) in [5, 5.41) is 11.6. The van der Waals surface area contributed by atoms with Crippen LogP contribution in [0.5, 0.6) is 28.7 Å². The second-order valence-corrected chi connectivity index (χ2v) is 11.6. The number of hydrogen-bond donors (Lipinski definition) is 1. The van der Waals surface area contributed by atoms with Crippen LogP contribution in [0.15, 0.2) is 36.4 Å². The number of phenols is 1. The van der Waals surface area contributed by atoms with Crippen molar-refractivity contribution in [2.24, 2.45) is 0 Å². The molecule has 2 unspecified atom stereocenters. The van der Waals surface area contributed by atoms with Gasteiger partial charge >= 0.3 is 0 Å². The fourth-order valence-corrected chi connectivity index (χ4v) is 7.49. The van der Waals surface area contributed by atoms with E-state index in [9.17, 15) is 14.7 Å². The van der Waals surface area contributed by atoms with Gasteiger partial charge in [-0.25, -0.2) is 0 Å². The number of ether oxygens (including phenoxy) is 5. The third kappa shape index (κ3) is 4.22. The van der Waals surface area contributed by atoms with Crippen LogP contribution in [0.4, 0.5) is 0 Å². The lowest BCUT2D eigenvalue weighted by Gasteiger charge is -2.56. The van der Waals surface area contributed by atoms with Crippen molar-refractivity contribution in [3.05, 3.63) is 75.3 Å². The van der Waals surface area contributed by atoms with Crippen molar-refractivity contribution in [3.63, 3.8) is 0 Å². The molecule has 1 N–H and O–H groups in total. The fraction of sp³-hybridized carbons (Fsp3) is 0.412. The number of likely N-dealkylation sites (N-methyl/N-ethyl adjacent to an activating group) is 1. The number of carbonyl (C=O) groups excluding carboxylic acids is 2. The third-order valence-corrected chi connectivity index (χ3v) is 9.36. The van der Waals surface area contributed by atoms with Gasteiger partial charge in [-0.3, -0.25) is 14.5 Å². The van der Waals surface area contributed by atoms with Crippen LogP contribution in [0.3, 0.4) is 0 Å². The number of methoxy groups -OCH3 is 4. The standard InChI is InChI=1S/C34H38N2O8/c1-17-13-20-14-21-34(39)36-22(16-44-15-19-11-9-8-10-12-19)24-25(31(41-5)18(2)32(42-6)33(24)43-7)28(37)27(36)26(35(21)3)23(20)29(38)30(17)40-4/h8-13,21-22,26-27,38H,14-16H2,1-7H3/t21-,22-,26?,27?/m0/s1. The molecule has 0 radical (unpaired) electrons. The number of fused-ring (bicyclic) bond motifs is 7. The molecule has 0 spiro atoms. The molecule has 1 amide bonds. The summed E-state index contributed by atoms with van der Waals surface area (Å²) in [6.45, 7) is 4.06. The monoisotopic (exact) mass is 602 g/mol. The normalized spacial score (nSPS) is 22.2. The van der Waals surface area contributed by atoms with E-state index in [4.69, 9.17) is 23.7 Å². The first-order chi connectivity index (χ1) is 21.2. The van der Waals surface area contributed by atoms with E-state index in [2.05, 4.69) is 0 Å². The number of aromatic hydroxyl groups is 1. The van der Waals surface area contributed by atoms with Crippen molar-refractivity contribution in [1.82, 2.24) is 9.80 Å². The molecule has 0 saturated carbocycles. The quantitative estimate of drug-likeness (QED) is 0.404. The van der Waals surface area contributed by atoms with Gasteiger partial charge in [-0.1, -0.05) is 36.4 Å². The zero-order valence-corrected chi connectivity index (χ0v) is 26.1. The predicted molar refractivity (Wildman–Crippen MR) is 162 cm³/mol. The molecule has 10 heteroatoms. The number of hydrogen-bond acceptors (Lipinski definition) is 9. The first kappa shape index (κ1) is 29.8. The van der Waals surface area contributed by atoms with Gasteiger partial charge < -0.3 is 33.7 Å². The second-order valence-electron chi connectivity index (χ2n) is 11.6. The largest absolute Gasteiger partial charge is 0.504 e. The Morgan fingerprint density at radius 1 is 0.864 bits per heavy atom. The molecule has 3 aromatic rings. The molecule has 3 aromatic carbocycles. The van der Waals surface area contributed by atoms with Crippen LogP contribution in [0.1, 0.15) is 55.8 Å². The third-order valence-electron chi connectivity index (χ3n) is 9.36. The number of rotatable bonds is 8. The number of carbonyl (C=O) groups is 2. The molecule has 10 nitrogen and oxygen atoms in total. The van der Waals surface area contributed by atoms with Crippen LogP contribution in [0.25, 0.3) is 0 Å². The average molecular weight is 603 g/mol. The van der Waals surface area contributed by atoms with Crippen molar-refractivity contribution < 1.29 is 38.4 Å². The van der Waals surface area contributed by atoms with E-state index in [1.165, 1.54) is 28.4 Å². The van der Waals surface area contributed by atoms with Gasteiger partial charge in [-0.05, 0) is 44.0 Å². The van der Waals surface area contributed by atoms with E-state index in [0.717, 1.165) is 16.7 Å². The lowest BCUT2D eigenvalue weighted by atomic mass is 9.73. The lowest BCUT2D eigenvalue weighted by Crippen LogP contribution is -2.68. The molecule has 232 valence electrons. The van der Waals surface area contributed by atoms with Gasteiger partial charge in [0.15, 0.2) is 28.8 Å². The highest BCUT2D eigenvalue weighted by molar-refractivity contribution is 6.10. The summed E-state index contributed by atoms with van der Waals surface area (Å²) in [6, 6.07) is 8.82. The number of ketones is 1. The fourth-order valence-electron chi connectivity index (χ4n) is 7.49. The second kappa shape index (κ2) is 11.3. The van der Waals surface area contributed by atoms with Crippen LogP contribution >= 0.6 is 0 Å². The highest BCUT2D eigenvalue weighted by Gasteiger charge is 2.59. The topological polar surface area (TPSA) is 107 Å². The van der Waals surface area contributed by atoms with Crippen LogP contribution < -0.4 is 18.9 Å². The summed E-state index contributed by atoms with van der Waals surface area (Å²) in [5.74, 6) is 0.972. The highest BCUT2D eigenvalue weighted by Crippen LogP contribution is 2.56. The van der Waals surface area contributed by atoms with E-state index in [1.54, 1.807) is 4.90 Å². The van der Waals surface area contributed by atoms with E-state index < -0.39 is 24.2 Å². The Labute approximate surface area is 257 Å². The zero-order chi connectivity index (χ0) is 31.4. The molecule has 3 aliphatic heterocycles. The van der Waals surface area contributed by atoms with Gasteiger partial charge in [-0.15, -0.1) is 0 Å². The van der Waals surface area contributed by atoms with Crippen LogP contribution in [0, 0.1) is 13.8 Å². The van der Waals surface area contributed by atoms with Crippen molar-refractivity contribution in [2.45, 2.75) is 51.0 Å². The van der Waals surface area contributed by atoms with E-state index in [0.29, 0.717) is 58.3 Å². The molecule has 0 aliphatic carbocycles. The summed E-state index contributed by atoms with van der Waals surface area (Å²) in [7, 11) is 7.91. The van der Waals surface area contributed by atoms with Crippen molar-refractivity contribution >= 4 is 11.7 Å². The summed E-state index contributed by atoms with van der Waals surface area (Å²) in [4.78, 5) is 33.0. The van der Waals surface area contributed by atoms with Crippen molar-refractivity contribution in [3.8, 4) is 28.7 Å². The molecule has 3 heterocycles. The Morgan fingerprint density at radius 3 is 2.16 bits per heavy atom. The SMILES string of the molecule is COc1c(C)cc2c(c1O)C1C3C(=O)c4c(OC)c(C)c(OC)c(OC)c4[C@H](COCc4ccccc4)N3C(=O)[C@H](C2)N1C. The first-order valence-corrected chi connectivity index (χ1v) is 14.6. The van der Waals surface area contributed by atoms with E-state index >= 15 is 0 Å². The molecule has 1 saturated heterocycles. The van der Waals surface area contributed by atoms with Crippen molar-refractivity contribution in [2.75, 3.05) is 42.1 Å². The number of aryl methyl sites for hydroxylation is 1. The van der Waals surface area contributed by atoms with Gasteiger partial charge in [0.2, 0.25) is 5.91 Å².